The molecule has 4 aromatic rings. The number of ketones is 1. The zero-order chi connectivity index (χ0) is 22.4. The van der Waals surface area contributed by atoms with Crippen molar-refractivity contribution in [3.05, 3.63) is 65.5 Å². The number of ether oxygens (including phenoxy) is 2. The van der Waals surface area contributed by atoms with E-state index >= 15 is 0 Å². The number of nitrogens with zero attached hydrogens (tertiary/aromatic N) is 3. The fourth-order valence-corrected chi connectivity index (χ4v) is 4.51. The molecule has 0 aliphatic heterocycles. The summed E-state index contributed by atoms with van der Waals surface area (Å²) in [6.07, 6.45) is 4.42. The smallest absolute Gasteiger partial charge is 0.167 e. The van der Waals surface area contributed by atoms with E-state index < -0.39 is 0 Å². The zero-order valence-electron chi connectivity index (χ0n) is 18.6. The summed E-state index contributed by atoms with van der Waals surface area (Å²) in [5.41, 5.74) is 5.05. The Balaban J connectivity index is 1.72. The second-order valence-electron chi connectivity index (χ2n) is 8.38. The van der Waals surface area contributed by atoms with Crippen molar-refractivity contribution in [3.63, 3.8) is 0 Å². The van der Waals surface area contributed by atoms with Gasteiger partial charge < -0.3 is 13.9 Å². The summed E-state index contributed by atoms with van der Waals surface area (Å²) in [7, 11) is 3.24. The van der Waals surface area contributed by atoms with Crippen molar-refractivity contribution >= 4 is 11.4 Å². The number of fused-ring (bicyclic) bond motifs is 3. The van der Waals surface area contributed by atoms with Gasteiger partial charge in [0.1, 0.15) is 5.76 Å². The van der Waals surface area contributed by atoms with Gasteiger partial charge in [-0.2, -0.15) is 5.10 Å². The third-order valence-corrected chi connectivity index (χ3v) is 6.11. The van der Waals surface area contributed by atoms with Crippen molar-refractivity contribution in [3.8, 4) is 22.6 Å². The van der Waals surface area contributed by atoms with Crippen LogP contribution in [0.1, 0.15) is 59.6 Å². The number of methoxy groups -OCH3 is 2. The van der Waals surface area contributed by atoms with Crippen LogP contribution in [0.2, 0.25) is 0 Å². The van der Waals surface area contributed by atoms with E-state index in [0.717, 1.165) is 33.9 Å². The Bertz CT molecular complexity index is 1300. The highest BCUT2D eigenvalue weighted by Gasteiger charge is 2.32. The maximum Gasteiger partial charge on any atom is 0.167 e. The first-order valence-corrected chi connectivity index (χ1v) is 10.7. The Morgan fingerprint density at radius 2 is 1.94 bits per heavy atom. The summed E-state index contributed by atoms with van der Waals surface area (Å²) in [5.74, 6) is 2.35. The van der Waals surface area contributed by atoms with Crippen molar-refractivity contribution in [2.75, 3.05) is 14.2 Å². The molecule has 0 saturated heterocycles. The van der Waals surface area contributed by atoms with Crippen LogP contribution < -0.4 is 9.47 Å². The molecule has 0 N–H and O–H groups in total. The van der Waals surface area contributed by atoms with Crippen LogP contribution in [0.4, 0.5) is 0 Å². The van der Waals surface area contributed by atoms with E-state index in [4.69, 9.17) is 24.0 Å². The number of rotatable bonds is 5. The summed E-state index contributed by atoms with van der Waals surface area (Å²) < 4.78 is 18.4. The molecule has 3 heterocycles. The molecular weight excluding hydrogens is 406 g/mol. The van der Waals surface area contributed by atoms with Gasteiger partial charge in [-0.25, -0.2) is 9.50 Å². The van der Waals surface area contributed by atoms with Crippen LogP contribution in [0.15, 0.2) is 47.2 Å². The van der Waals surface area contributed by atoms with Crippen LogP contribution in [0.5, 0.6) is 11.5 Å². The molecule has 7 heteroatoms. The van der Waals surface area contributed by atoms with Gasteiger partial charge in [-0.1, -0.05) is 19.9 Å². The van der Waals surface area contributed by atoms with E-state index in [9.17, 15) is 4.79 Å². The molecule has 1 aliphatic rings. The van der Waals surface area contributed by atoms with Crippen molar-refractivity contribution in [2.24, 2.45) is 0 Å². The SMILES string of the molecule is COc1ccc(-c2c(C(C)C)nn3c4c(cnc23)C(=O)C[C@H](c2ccco2)C4)cc1OC. The summed E-state index contributed by atoms with van der Waals surface area (Å²) in [6, 6.07) is 9.61. The second-order valence-corrected chi connectivity index (χ2v) is 8.38. The number of benzene rings is 1. The van der Waals surface area contributed by atoms with Crippen molar-refractivity contribution in [1.29, 1.82) is 0 Å². The van der Waals surface area contributed by atoms with Crippen LogP contribution in [-0.2, 0) is 6.42 Å². The number of hydrogen-bond acceptors (Lipinski definition) is 6. The molecule has 0 spiro atoms. The Morgan fingerprint density at radius 3 is 2.62 bits per heavy atom. The maximum atomic E-state index is 12.9. The van der Waals surface area contributed by atoms with Gasteiger partial charge >= 0.3 is 0 Å². The lowest BCUT2D eigenvalue weighted by Gasteiger charge is -2.22. The Labute approximate surface area is 186 Å². The van der Waals surface area contributed by atoms with E-state index in [0.29, 0.717) is 29.9 Å². The third-order valence-electron chi connectivity index (χ3n) is 6.11. The third kappa shape index (κ3) is 3.16. The monoisotopic (exact) mass is 431 g/mol. The zero-order valence-corrected chi connectivity index (χ0v) is 18.6. The molecule has 1 aliphatic carbocycles. The quantitative estimate of drug-likeness (QED) is 0.440. The van der Waals surface area contributed by atoms with Crippen LogP contribution in [0, 0.1) is 0 Å². The minimum atomic E-state index is -0.00756. The van der Waals surface area contributed by atoms with Crippen LogP contribution in [0.3, 0.4) is 0 Å². The number of furan rings is 1. The molecule has 0 radical (unpaired) electrons. The minimum Gasteiger partial charge on any atom is -0.493 e. The van der Waals surface area contributed by atoms with E-state index in [2.05, 4.69) is 13.8 Å². The Kier molecular flexibility index (Phi) is 4.96. The number of Topliss-reactive ketones (excluding diaryl/α,β-unsaturated/α-hetero) is 1. The molecule has 0 bridgehead atoms. The van der Waals surface area contributed by atoms with Gasteiger partial charge in [0.2, 0.25) is 0 Å². The first-order chi connectivity index (χ1) is 15.5. The molecule has 5 rings (SSSR count). The summed E-state index contributed by atoms with van der Waals surface area (Å²) in [5, 5.41) is 4.95. The van der Waals surface area contributed by atoms with Crippen molar-refractivity contribution in [2.45, 2.75) is 38.5 Å². The topological polar surface area (TPSA) is 78.9 Å². The van der Waals surface area contributed by atoms with E-state index in [-0.39, 0.29) is 17.6 Å². The number of hydrogen-bond donors (Lipinski definition) is 0. The summed E-state index contributed by atoms with van der Waals surface area (Å²) >= 11 is 0. The summed E-state index contributed by atoms with van der Waals surface area (Å²) in [6.45, 7) is 4.21. The fraction of sp³-hybridized carbons (Fsp3) is 0.320. The molecule has 0 fully saturated rings. The van der Waals surface area contributed by atoms with Crippen LogP contribution in [-0.4, -0.2) is 34.6 Å². The van der Waals surface area contributed by atoms with Crippen molar-refractivity contribution < 1.29 is 18.7 Å². The van der Waals surface area contributed by atoms with Crippen molar-refractivity contribution in [1.82, 2.24) is 14.6 Å². The predicted octanol–water partition coefficient (Wildman–Crippen LogP) is 5.04. The molecule has 3 aromatic heterocycles. The maximum absolute atomic E-state index is 12.9. The molecule has 7 nitrogen and oxygen atoms in total. The lowest BCUT2D eigenvalue weighted by atomic mass is 9.85. The molecule has 0 saturated carbocycles. The summed E-state index contributed by atoms with van der Waals surface area (Å²) in [4.78, 5) is 17.6. The second kappa shape index (κ2) is 7.82. The van der Waals surface area contributed by atoms with Gasteiger partial charge in [0.05, 0.1) is 43.0 Å². The fourth-order valence-electron chi connectivity index (χ4n) is 4.51. The van der Waals surface area contributed by atoms with E-state index in [1.165, 1.54) is 0 Å². The minimum absolute atomic E-state index is 0.00756. The lowest BCUT2D eigenvalue weighted by molar-refractivity contribution is 0.0958. The van der Waals surface area contributed by atoms with Gasteiger partial charge in [-0.3, -0.25) is 4.79 Å². The number of carbonyl (C=O) groups excluding carboxylic acids is 1. The van der Waals surface area contributed by atoms with E-state index in [1.54, 1.807) is 26.7 Å². The Morgan fingerprint density at radius 1 is 1.12 bits per heavy atom. The first kappa shape index (κ1) is 20.3. The largest absolute Gasteiger partial charge is 0.493 e. The molecule has 32 heavy (non-hydrogen) atoms. The van der Waals surface area contributed by atoms with Gasteiger partial charge in [-0.15, -0.1) is 0 Å². The van der Waals surface area contributed by atoms with Gasteiger partial charge in [0.15, 0.2) is 22.9 Å². The standard InChI is InChI=1S/C25H25N3O4/c1-14(2)24-23(15-7-8-21(30-3)22(12-15)31-4)25-26-13-17-18(28(25)27-24)10-16(11-19(17)29)20-6-5-9-32-20/h5-9,12-14,16H,10-11H2,1-4H3/t16-/m1/s1. The number of carbonyl (C=O) groups is 1. The van der Waals surface area contributed by atoms with Gasteiger partial charge in [0, 0.05) is 25.0 Å². The van der Waals surface area contributed by atoms with Crippen LogP contribution >= 0.6 is 0 Å². The molecule has 1 atom stereocenters. The predicted molar refractivity (Wildman–Crippen MR) is 120 cm³/mol. The normalized spacial score (nSPS) is 15.9. The highest BCUT2D eigenvalue weighted by Crippen LogP contribution is 2.39. The first-order valence-electron chi connectivity index (χ1n) is 10.7. The molecule has 164 valence electrons. The highest BCUT2D eigenvalue weighted by atomic mass is 16.5. The molecule has 1 aromatic carbocycles. The highest BCUT2D eigenvalue weighted by molar-refractivity contribution is 5.99. The average molecular weight is 431 g/mol. The van der Waals surface area contributed by atoms with E-state index in [1.807, 2.05) is 34.8 Å². The van der Waals surface area contributed by atoms with Gasteiger partial charge in [0.25, 0.3) is 0 Å². The van der Waals surface area contributed by atoms with Crippen LogP contribution in [0.25, 0.3) is 16.8 Å². The average Bonchev–Trinajstić information content (AvgIpc) is 3.47. The molecule has 0 amide bonds. The lowest BCUT2D eigenvalue weighted by Crippen LogP contribution is -2.22. The number of aromatic nitrogens is 3. The molecule has 0 unspecified atom stereocenters. The Hall–Kier alpha value is -3.61. The molecular formula is C25H25N3O4. The van der Waals surface area contributed by atoms with Gasteiger partial charge in [-0.05, 0) is 35.7 Å².